The predicted molar refractivity (Wildman–Crippen MR) is 112 cm³/mol. The van der Waals surface area contributed by atoms with Gasteiger partial charge in [0.2, 0.25) is 0 Å². The summed E-state index contributed by atoms with van der Waals surface area (Å²) in [6, 6.07) is 10.8. The van der Waals surface area contributed by atoms with Gasteiger partial charge in [0.15, 0.2) is 0 Å². The number of ether oxygens (including phenoxy) is 1. The topological polar surface area (TPSA) is 123 Å². The van der Waals surface area contributed by atoms with Crippen molar-refractivity contribution in [3.05, 3.63) is 47.5 Å². The fraction of sp³-hybridized carbons (Fsp3) is 0.476. The van der Waals surface area contributed by atoms with Crippen molar-refractivity contribution in [1.29, 1.82) is 5.26 Å². The normalized spacial score (nSPS) is 17.4. The molecule has 1 fully saturated rings. The van der Waals surface area contributed by atoms with Crippen molar-refractivity contribution >= 4 is 19.1 Å². The molecule has 0 radical (unpaired) electrons. The molecule has 1 aliphatic rings. The van der Waals surface area contributed by atoms with Crippen molar-refractivity contribution in [3.8, 4) is 6.07 Å². The molecule has 160 valence electrons. The van der Waals surface area contributed by atoms with E-state index in [0.29, 0.717) is 13.0 Å². The Hall–Kier alpha value is -2.83. The molecule has 0 aliphatic carbocycles. The van der Waals surface area contributed by atoms with E-state index in [0.717, 1.165) is 12.0 Å². The van der Waals surface area contributed by atoms with Crippen molar-refractivity contribution < 1.29 is 24.4 Å². The predicted octanol–water partition coefficient (Wildman–Crippen LogP) is 1.43. The van der Waals surface area contributed by atoms with E-state index in [1.54, 1.807) is 11.0 Å². The quantitative estimate of drug-likeness (QED) is 0.337. The van der Waals surface area contributed by atoms with Gasteiger partial charge in [0, 0.05) is 6.54 Å². The number of carbonyl (C=O) groups is 2. The fourth-order valence-electron chi connectivity index (χ4n) is 3.38. The van der Waals surface area contributed by atoms with Crippen LogP contribution in [-0.4, -0.2) is 59.2 Å². The third-order valence-corrected chi connectivity index (χ3v) is 4.86. The minimum absolute atomic E-state index is 0.0302. The Morgan fingerprint density at radius 2 is 2.07 bits per heavy atom. The number of nitriles is 1. The number of rotatable bonds is 8. The van der Waals surface area contributed by atoms with Crippen LogP contribution in [0.15, 0.2) is 42.0 Å². The first-order valence-electron chi connectivity index (χ1n) is 10.1. The van der Waals surface area contributed by atoms with Gasteiger partial charge in [-0.1, -0.05) is 50.3 Å². The van der Waals surface area contributed by atoms with Crippen LogP contribution in [0.25, 0.3) is 0 Å². The second-order valence-electron chi connectivity index (χ2n) is 7.68. The van der Waals surface area contributed by atoms with Crippen molar-refractivity contribution in [2.24, 2.45) is 5.92 Å². The Morgan fingerprint density at radius 1 is 1.37 bits per heavy atom. The first kappa shape index (κ1) is 23.5. The summed E-state index contributed by atoms with van der Waals surface area (Å²) >= 11 is 0. The second kappa shape index (κ2) is 11.4. The van der Waals surface area contributed by atoms with Crippen LogP contribution in [0.1, 0.15) is 32.3 Å². The summed E-state index contributed by atoms with van der Waals surface area (Å²) in [6.07, 6.45) is 2.49. The molecule has 1 aromatic carbocycles. The van der Waals surface area contributed by atoms with Crippen molar-refractivity contribution in [3.63, 3.8) is 0 Å². The van der Waals surface area contributed by atoms with E-state index < -0.39 is 19.2 Å². The first-order chi connectivity index (χ1) is 14.3. The summed E-state index contributed by atoms with van der Waals surface area (Å²) in [6.45, 7) is 4.25. The monoisotopic (exact) mass is 413 g/mol. The van der Waals surface area contributed by atoms with Crippen molar-refractivity contribution in [2.45, 2.75) is 45.1 Å². The smallest absolute Gasteiger partial charge is 0.447 e. The van der Waals surface area contributed by atoms with Gasteiger partial charge in [-0.3, -0.25) is 4.79 Å². The highest BCUT2D eigenvalue weighted by atomic mass is 16.5. The molecule has 9 heteroatoms. The van der Waals surface area contributed by atoms with Crippen LogP contribution in [0.3, 0.4) is 0 Å². The molecule has 30 heavy (non-hydrogen) atoms. The molecule has 2 rings (SSSR count). The number of hydrogen-bond donors (Lipinski definition) is 3. The van der Waals surface area contributed by atoms with Gasteiger partial charge in [0.25, 0.3) is 5.91 Å². The van der Waals surface area contributed by atoms with Gasteiger partial charge < -0.3 is 25.0 Å². The summed E-state index contributed by atoms with van der Waals surface area (Å²) < 4.78 is 5.25. The lowest BCUT2D eigenvalue weighted by molar-refractivity contribution is -0.128. The summed E-state index contributed by atoms with van der Waals surface area (Å²) in [4.78, 5) is 26.4. The van der Waals surface area contributed by atoms with Crippen LogP contribution in [0.4, 0.5) is 4.79 Å². The van der Waals surface area contributed by atoms with Crippen LogP contribution in [0, 0.1) is 17.2 Å². The molecule has 1 aromatic rings. The highest BCUT2D eigenvalue weighted by Gasteiger charge is 2.32. The maximum absolute atomic E-state index is 12.7. The van der Waals surface area contributed by atoms with Gasteiger partial charge >= 0.3 is 13.2 Å². The summed E-state index contributed by atoms with van der Waals surface area (Å²) in [5, 5.41) is 30.9. The lowest BCUT2D eigenvalue weighted by Crippen LogP contribution is -2.49. The van der Waals surface area contributed by atoms with E-state index in [9.17, 15) is 24.9 Å². The first-order valence-corrected chi connectivity index (χ1v) is 10.1. The number of nitrogens with one attached hydrogen (secondary N) is 1. The zero-order chi connectivity index (χ0) is 22.1. The Morgan fingerprint density at radius 3 is 2.67 bits per heavy atom. The third kappa shape index (κ3) is 6.90. The molecule has 0 bridgehead atoms. The average Bonchev–Trinajstić information content (AvgIpc) is 3.18. The zero-order valence-electron chi connectivity index (χ0n) is 17.3. The third-order valence-electron chi connectivity index (χ3n) is 4.86. The van der Waals surface area contributed by atoms with Gasteiger partial charge in [-0.05, 0) is 30.7 Å². The molecule has 1 saturated heterocycles. The molecule has 1 heterocycles. The van der Waals surface area contributed by atoms with Gasteiger partial charge in [0.1, 0.15) is 18.2 Å². The maximum atomic E-state index is 12.7. The van der Waals surface area contributed by atoms with E-state index in [1.807, 2.05) is 50.2 Å². The van der Waals surface area contributed by atoms with Crippen molar-refractivity contribution in [2.75, 3.05) is 13.2 Å². The minimum Gasteiger partial charge on any atom is -0.447 e. The molecule has 0 aromatic heterocycles. The molecular formula is C21H28BN3O5. The average molecular weight is 413 g/mol. The minimum atomic E-state index is -1.75. The number of likely N-dealkylation sites (tertiary alicyclic amines) is 1. The highest BCUT2D eigenvalue weighted by Crippen LogP contribution is 2.20. The van der Waals surface area contributed by atoms with Crippen molar-refractivity contribution in [1.82, 2.24) is 10.2 Å². The fourth-order valence-corrected chi connectivity index (χ4v) is 3.38. The number of nitrogens with zero attached hydrogens (tertiary/aromatic N) is 2. The zero-order valence-corrected chi connectivity index (χ0v) is 17.3. The molecule has 0 saturated carbocycles. The van der Waals surface area contributed by atoms with E-state index >= 15 is 0 Å². The lowest BCUT2D eigenvalue weighted by atomic mass is 9.76. The van der Waals surface area contributed by atoms with Gasteiger partial charge in [-0.25, -0.2) is 4.79 Å². The Kier molecular flexibility index (Phi) is 8.90. The van der Waals surface area contributed by atoms with Crippen LogP contribution >= 0.6 is 0 Å². The number of carbonyl (C=O) groups excluding carboxylic acids is 2. The van der Waals surface area contributed by atoms with E-state index in [2.05, 4.69) is 5.32 Å². The highest BCUT2D eigenvalue weighted by molar-refractivity contribution is 6.43. The molecule has 2 amide bonds. The summed E-state index contributed by atoms with van der Waals surface area (Å²) in [5.41, 5.74) is 0.928. The lowest BCUT2D eigenvalue weighted by Gasteiger charge is -2.25. The number of alkyl carbamates (subject to hydrolysis) is 1. The standard InChI is InChI=1S/C21H28BN3O5/c1-15(2)11-17(13-23)20(26)25-10-6-9-18(25)14-30-21(27)24-19(22(28)29)12-16-7-4-3-5-8-16/h3-5,7-8,11,15,18-19,28-29H,6,9-10,12,14H2,1-2H3,(H,24,27). The van der Waals surface area contributed by atoms with Gasteiger partial charge in [-0.15, -0.1) is 0 Å². The number of benzene rings is 1. The number of amides is 2. The van der Waals surface area contributed by atoms with Gasteiger partial charge in [0.05, 0.1) is 12.0 Å². The second-order valence-corrected chi connectivity index (χ2v) is 7.68. The van der Waals surface area contributed by atoms with Crippen LogP contribution in [0.5, 0.6) is 0 Å². The largest absolute Gasteiger partial charge is 0.475 e. The van der Waals surface area contributed by atoms with E-state index in [1.165, 1.54) is 0 Å². The van der Waals surface area contributed by atoms with Crippen LogP contribution in [0.2, 0.25) is 0 Å². The maximum Gasteiger partial charge on any atom is 0.475 e. The van der Waals surface area contributed by atoms with E-state index in [4.69, 9.17) is 4.74 Å². The number of hydrogen-bond acceptors (Lipinski definition) is 6. The molecule has 0 spiro atoms. The van der Waals surface area contributed by atoms with E-state index in [-0.39, 0.29) is 36.5 Å². The Balaban J connectivity index is 1.92. The molecule has 8 nitrogen and oxygen atoms in total. The Labute approximate surface area is 177 Å². The van der Waals surface area contributed by atoms with Crippen LogP contribution in [-0.2, 0) is 16.0 Å². The molecule has 1 aliphatic heterocycles. The van der Waals surface area contributed by atoms with Gasteiger partial charge in [-0.2, -0.15) is 5.26 Å². The number of allylic oxidation sites excluding steroid dienone is 1. The Bertz CT molecular complexity index is 792. The molecule has 2 unspecified atom stereocenters. The molecule has 3 N–H and O–H groups in total. The summed E-state index contributed by atoms with van der Waals surface area (Å²) in [7, 11) is -1.75. The molecular weight excluding hydrogens is 385 g/mol. The molecule has 2 atom stereocenters. The SMILES string of the molecule is CC(C)C=C(C#N)C(=O)N1CCCC1COC(=O)NC(Cc1ccccc1)B(O)O. The van der Waals surface area contributed by atoms with Crippen LogP contribution < -0.4 is 5.32 Å². The summed E-state index contributed by atoms with van der Waals surface area (Å²) in [5.74, 6) is -1.22.